The minimum atomic E-state index is -0.279. The van der Waals surface area contributed by atoms with Gasteiger partial charge in [-0.2, -0.15) is 0 Å². The molecule has 0 aromatic heterocycles. The predicted octanol–water partition coefficient (Wildman–Crippen LogP) is 4.23. The third-order valence-electron chi connectivity index (χ3n) is 3.99. The first-order valence-corrected chi connectivity index (χ1v) is 8.22. The molecule has 0 saturated heterocycles. The van der Waals surface area contributed by atoms with Gasteiger partial charge in [-0.1, -0.05) is 53.2 Å². The van der Waals surface area contributed by atoms with Gasteiger partial charge < -0.3 is 10.4 Å². The van der Waals surface area contributed by atoms with Crippen LogP contribution in [0.2, 0.25) is 0 Å². The number of nitrogens with one attached hydrogen (secondary N) is 1. The van der Waals surface area contributed by atoms with Crippen LogP contribution in [0, 0.1) is 0 Å². The third kappa shape index (κ3) is 3.38. The fraction of sp³-hybridized carbons (Fsp3) is 0.353. The Hall–Kier alpha value is -1.55. The molecule has 1 unspecified atom stereocenters. The Labute approximate surface area is 133 Å². The summed E-state index contributed by atoms with van der Waals surface area (Å²) >= 11 is 3.42. The lowest BCUT2D eigenvalue weighted by molar-refractivity contribution is 0.0899. The Kier molecular flexibility index (Phi) is 4.88. The number of alkyl halides is 1. The van der Waals surface area contributed by atoms with Crippen molar-refractivity contribution in [1.29, 1.82) is 0 Å². The molecule has 0 bridgehead atoms. The fourth-order valence-corrected chi connectivity index (χ4v) is 3.19. The smallest absolute Gasteiger partial charge is 0.255 e. The molecule has 0 saturated carbocycles. The number of hydrogen-bond acceptors (Lipinski definition) is 2. The van der Waals surface area contributed by atoms with Gasteiger partial charge in [-0.25, -0.2) is 0 Å². The van der Waals surface area contributed by atoms with Gasteiger partial charge in [0.15, 0.2) is 0 Å². The van der Waals surface area contributed by atoms with E-state index in [9.17, 15) is 9.90 Å². The van der Waals surface area contributed by atoms with Crippen molar-refractivity contribution in [1.82, 2.24) is 5.32 Å². The second kappa shape index (κ2) is 6.48. The Balaban J connectivity index is 2.33. The first kappa shape index (κ1) is 15.8. The molecule has 1 amide bonds. The van der Waals surface area contributed by atoms with Gasteiger partial charge in [-0.05, 0) is 31.2 Å². The van der Waals surface area contributed by atoms with Crippen molar-refractivity contribution in [2.45, 2.75) is 32.2 Å². The Morgan fingerprint density at radius 2 is 2.00 bits per heavy atom. The van der Waals surface area contributed by atoms with Gasteiger partial charge in [0, 0.05) is 16.3 Å². The molecule has 3 nitrogen and oxygen atoms in total. The topological polar surface area (TPSA) is 49.3 Å². The number of carbonyl (C=O) groups is 1. The summed E-state index contributed by atoms with van der Waals surface area (Å²) < 4.78 is 0. The highest BCUT2D eigenvalue weighted by Gasteiger charge is 2.25. The van der Waals surface area contributed by atoms with E-state index in [0.29, 0.717) is 10.9 Å². The summed E-state index contributed by atoms with van der Waals surface area (Å²) in [4.78, 5) is 12.5. The lowest BCUT2D eigenvalue weighted by Crippen LogP contribution is -2.45. The lowest BCUT2D eigenvalue weighted by Gasteiger charge is -2.29. The Bertz CT molecular complexity index is 656. The third-order valence-corrected chi connectivity index (χ3v) is 4.38. The van der Waals surface area contributed by atoms with E-state index >= 15 is 0 Å². The minimum absolute atomic E-state index is 0.0443. The van der Waals surface area contributed by atoms with Crippen molar-refractivity contribution < 1.29 is 9.90 Å². The molecule has 0 aliphatic rings. The predicted molar refractivity (Wildman–Crippen MR) is 90.2 cm³/mol. The molecule has 4 heteroatoms. The van der Waals surface area contributed by atoms with Crippen LogP contribution >= 0.6 is 15.9 Å². The number of halogens is 1. The first-order valence-electron chi connectivity index (χ1n) is 7.10. The molecule has 0 radical (unpaired) electrons. The average Bonchev–Trinajstić information content (AvgIpc) is 2.48. The normalized spacial score (nSPS) is 13.9. The van der Waals surface area contributed by atoms with Crippen LogP contribution < -0.4 is 5.32 Å². The van der Waals surface area contributed by atoms with E-state index in [1.165, 1.54) is 0 Å². The molecular weight excluding hydrogens is 330 g/mol. The monoisotopic (exact) mass is 349 g/mol. The average molecular weight is 350 g/mol. The van der Waals surface area contributed by atoms with Crippen molar-refractivity contribution in [3.05, 3.63) is 42.0 Å². The number of rotatable bonds is 5. The number of fused-ring (bicyclic) bond motifs is 1. The molecule has 2 rings (SSSR count). The van der Waals surface area contributed by atoms with E-state index in [2.05, 4.69) is 21.2 Å². The van der Waals surface area contributed by atoms with Crippen LogP contribution in [0.3, 0.4) is 0 Å². The maximum atomic E-state index is 12.5. The van der Waals surface area contributed by atoms with Crippen LogP contribution in [0.15, 0.2) is 36.4 Å². The number of amides is 1. The van der Waals surface area contributed by atoms with Gasteiger partial charge >= 0.3 is 0 Å². The molecule has 2 aromatic rings. The van der Waals surface area contributed by atoms with Crippen molar-refractivity contribution in [2.75, 3.05) is 5.33 Å². The van der Waals surface area contributed by atoms with Crippen LogP contribution in [-0.4, -0.2) is 21.9 Å². The van der Waals surface area contributed by atoms with Gasteiger partial charge in [0.2, 0.25) is 0 Å². The van der Waals surface area contributed by atoms with E-state index in [0.717, 1.165) is 23.6 Å². The van der Waals surface area contributed by atoms with Crippen LogP contribution in [0.1, 0.15) is 37.0 Å². The summed E-state index contributed by atoms with van der Waals surface area (Å²) in [5.74, 6) is -0.188. The summed E-state index contributed by atoms with van der Waals surface area (Å²) in [7, 11) is 0. The number of carbonyl (C=O) groups excluding carboxylic acids is 1. The highest BCUT2D eigenvalue weighted by molar-refractivity contribution is 9.09. The molecule has 0 spiro atoms. The van der Waals surface area contributed by atoms with Crippen LogP contribution in [0.25, 0.3) is 10.8 Å². The second-order valence-corrected chi connectivity index (χ2v) is 6.28. The molecule has 0 aliphatic carbocycles. The molecule has 2 N–H and O–H groups in total. The van der Waals surface area contributed by atoms with Crippen LogP contribution in [-0.2, 0) is 0 Å². The summed E-state index contributed by atoms with van der Waals surface area (Å²) in [6.07, 6.45) is 1.67. The van der Waals surface area contributed by atoms with Gasteiger partial charge in [0.05, 0.1) is 5.56 Å². The van der Waals surface area contributed by atoms with Gasteiger partial charge in [-0.3, -0.25) is 4.79 Å². The summed E-state index contributed by atoms with van der Waals surface area (Å²) in [5, 5.41) is 15.8. The Morgan fingerprint density at radius 3 is 2.67 bits per heavy atom. The number of phenolic OH excluding ortho intramolecular Hbond substituents is 1. The fourth-order valence-electron chi connectivity index (χ4n) is 2.32. The van der Waals surface area contributed by atoms with Crippen molar-refractivity contribution in [2.24, 2.45) is 0 Å². The quantitative estimate of drug-likeness (QED) is 0.793. The van der Waals surface area contributed by atoms with Crippen molar-refractivity contribution in [3.63, 3.8) is 0 Å². The Morgan fingerprint density at radius 1 is 1.29 bits per heavy atom. The summed E-state index contributed by atoms with van der Waals surface area (Å²) in [6.45, 7) is 4.06. The van der Waals surface area contributed by atoms with Crippen LogP contribution in [0.4, 0.5) is 0 Å². The van der Waals surface area contributed by atoms with E-state index in [1.54, 1.807) is 6.07 Å². The van der Waals surface area contributed by atoms with Gasteiger partial charge in [-0.15, -0.1) is 0 Å². The molecule has 21 heavy (non-hydrogen) atoms. The largest absolute Gasteiger partial charge is 0.506 e. The number of phenols is 1. The SMILES string of the molecule is CCC(C)(CCBr)NC(=O)c1ccc2ccccc2c1O. The second-order valence-electron chi connectivity index (χ2n) is 5.49. The molecule has 1 atom stereocenters. The number of hydrogen-bond donors (Lipinski definition) is 2. The van der Waals surface area contributed by atoms with E-state index in [1.807, 2.05) is 44.2 Å². The lowest BCUT2D eigenvalue weighted by atomic mass is 9.94. The minimum Gasteiger partial charge on any atom is -0.506 e. The molecule has 112 valence electrons. The summed E-state index contributed by atoms with van der Waals surface area (Å²) in [6, 6.07) is 11.0. The van der Waals surface area contributed by atoms with Gasteiger partial charge in [0.25, 0.3) is 5.91 Å². The van der Waals surface area contributed by atoms with Crippen molar-refractivity contribution >= 4 is 32.6 Å². The van der Waals surface area contributed by atoms with E-state index < -0.39 is 0 Å². The standard InChI is InChI=1S/C17H20BrNO2/c1-3-17(2,10-11-18)19-16(21)14-9-8-12-6-4-5-7-13(12)15(14)20/h4-9,20H,3,10-11H2,1-2H3,(H,19,21). The highest BCUT2D eigenvalue weighted by atomic mass is 79.9. The maximum absolute atomic E-state index is 12.5. The summed E-state index contributed by atoms with van der Waals surface area (Å²) in [5.41, 5.74) is 0.0431. The molecule has 0 fully saturated rings. The van der Waals surface area contributed by atoms with Crippen LogP contribution in [0.5, 0.6) is 5.75 Å². The maximum Gasteiger partial charge on any atom is 0.255 e. The molecule has 0 aliphatic heterocycles. The highest BCUT2D eigenvalue weighted by Crippen LogP contribution is 2.29. The first-order chi connectivity index (χ1) is 10.0. The molecule has 2 aromatic carbocycles. The molecule has 0 heterocycles. The zero-order chi connectivity index (χ0) is 15.5. The zero-order valence-corrected chi connectivity index (χ0v) is 13.9. The van der Waals surface area contributed by atoms with E-state index in [-0.39, 0.29) is 17.2 Å². The number of benzene rings is 2. The number of aromatic hydroxyl groups is 1. The molecular formula is C17H20BrNO2. The van der Waals surface area contributed by atoms with E-state index in [4.69, 9.17) is 0 Å². The van der Waals surface area contributed by atoms with Crippen molar-refractivity contribution in [3.8, 4) is 5.75 Å². The van der Waals surface area contributed by atoms with Gasteiger partial charge in [0.1, 0.15) is 5.75 Å². The zero-order valence-electron chi connectivity index (χ0n) is 12.3.